The normalized spacial score (nSPS) is 18.6. The summed E-state index contributed by atoms with van der Waals surface area (Å²) in [5.41, 5.74) is 3.72. The molecule has 1 aromatic carbocycles. The van der Waals surface area contributed by atoms with E-state index in [0.717, 1.165) is 55.7 Å². The van der Waals surface area contributed by atoms with Crippen molar-refractivity contribution < 1.29 is 4.79 Å². The summed E-state index contributed by atoms with van der Waals surface area (Å²) in [7, 11) is 0. The highest BCUT2D eigenvalue weighted by Crippen LogP contribution is 2.32. The largest absolute Gasteiger partial charge is 0.381 e. The Balaban J connectivity index is 1.23. The smallest absolute Gasteiger partial charge is 0.254 e. The number of aryl methyl sites for hydroxylation is 1. The fraction of sp³-hybridized carbons (Fsp3) is 0.567. The summed E-state index contributed by atoms with van der Waals surface area (Å²) in [5.74, 6) is 1.10. The summed E-state index contributed by atoms with van der Waals surface area (Å²) in [6.07, 6.45) is 12.3. The van der Waals surface area contributed by atoms with Crippen molar-refractivity contribution in [1.29, 1.82) is 0 Å². The lowest BCUT2D eigenvalue weighted by atomic mass is 9.84. The van der Waals surface area contributed by atoms with Crippen molar-refractivity contribution in [1.82, 2.24) is 25.0 Å². The Kier molecular flexibility index (Phi) is 8.39. The van der Waals surface area contributed by atoms with E-state index in [-0.39, 0.29) is 5.91 Å². The number of amides is 1. The second-order valence-corrected chi connectivity index (χ2v) is 11.0. The fourth-order valence-corrected chi connectivity index (χ4v) is 6.09. The first-order valence-corrected chi connectivity index (χ1v) is 14.3. The Morgan fingerprint density at radius 2 is 1.81 bits per heavy atom. The molecule has 3 aromatic rings. The number of benzene rings is 1. The van der Waals surface area contributed by atoms with E-state index in [1.807, 2.05) is 10.9 Å². The molecule has 2 N–H and O–H groups in total. The summed E-state index contributed by atoms with van der Waals surface area (Å²) < 4.78 is 1.90. The van der Waals surface area contributed by atoms with Crippen LogP contribution >= 0.6 is 0 Å². The molecule has 198 valence electrons. The van der Waals surface area contributed by atoms with Crippen LogP contribution in [0.5, 0.6) is 0 Å². The number of hydrogen-bond donors (Lipinski definition) is 2. The molecule has 2 fully saturated rings. The van der Waals surface area contributed by atoms with Gasteiger partial charge in [-0.1, -0.05) is 49.6 Å². The third-order valence-electron chi connectivity index (χ3n) is 8.45. The van der Waals surface area contributed by atoms with Crippen molar-refractivity contribution in [3.8, 4) is 0 Å². The van der Waals surface area contributed by atoms with Gasteiger partial charge in [0.25, 0.3) is 5.91 Å². The van der Waals surface area contributed by atoms with Crippen LogP contribution in [0.25, 0.3) is 11.0 Å². The number of carbonyl (C=O) groups is 1. The van der Waals surface area contributed by atoms with Gasteiger partial charge >= 0.3 is 0 Å². The van der Waals surface area contributed by atoms with E-state index in [9.17, 15) is 4.79 Å². The van der Waals surface area contributed by atoms with Crippen LogP contribution in [0, 0.1) is 11.8 Å². The minimum absolute atomic E-state index is 0.0382. The van der Waals surface area contributed by atoms with Crippen LogP contribution in [0.3, 0.4) is 0 Å². The van der Waals surface area contributed by atoms with Gasteiger partial charge in [-0.3, -0.25) is 9.69 Å². The lowest BCUT2D eigenvalue weighted by molar-refractivity contribution is 0.0935. The number of rotatable bonds is 9. The zero-order chi connectivity index (χ0) is 25.6. The number of piperidine rings is 1. The maximum atomic E-state index is 13.5. The molecule has 3 heterocycles. The molecule has 2 aromatic heterocycles. The molecule has 5 rings (SSSR count). The van der Waals surface area contributed by atoms with Crippen LogP contribution in [0.1, 0.15) is 74.7 Å². The fourth-order valence-electron chi connectivity index (χ4n) is 6.09. The van der Waals surface area contributed by atoms with Gasteiger partial charge in [0.1, 0.15) is 0 Å². The predicted octanol–water partition coefficient (Wildman–Crippen LogP) is 5.47. The molecule has 7 heteroatoms. The summed E-state index contributed by atoms with van der Waals surface area (Å²) in [6.45, 7) is 8.94. The first-order chi connectivity index (χ1) is 18.1. The first kappa shape index (κ1) is 25.7. The number of hydrogen-bond acceptors (Lipinski definition) is 5. The van der Waals surface area contributed by atoms with E-state index in [4.69, 9.17) is 0 Å². The standard InChI is InChI=1S/C30H42N6O/c1-3-36-29-26(20-33-36)28(34-22(2)25-12-8-5-9-13-25)27(19-31-29)30(37)32-18-23-14-16-35(17-15-23)21-24-10-6-4-7-11-24/h4,6-7,10-11,19-20,22-23,25H,3,5,8-9,12-18,21H2,1-2H3,(H,31,34)(H,32,37)/t22-/m1/s1. The number of carbonyl (C=O) groups excluding carboxylic acids is 1. The van der Waals surface area contributed by atoms with Crippen molar-refractivity contribution in [2.75, 3.05) is 25.0 Å². The molecule has 7 nitrogen and oxygen atoms in total. The zero-order valence-electron chi connectivity index (χ0n) is 22.5. The van der Waals surface area contributed by atoms with Gasteiger partial charge in [-0.15, -0.1) is 0 Å². The maximum absolute atomic E-state index is 13.5. The predicted molar refractivity (Wildman–Crippen MR) is 150 cm³/mol. The number of nitrogens with zero attached hydrogens (tertiary/aromatic N) is 4. The molecule has 1 atom stereocenters. The highest BCUT2D eigenvalue weighted by atomic mass is 16.1. The molecule has 1 aliphatic carbocycles. The van der Waals surface area contributed by atoms with Gasteiger partial charge < -0.3 is 10.6 Å². The minimum atomic E-state index is -0.0382. The molecule has 2 aliphatic rings. The number of likely N-dealkylation sites (tertiary alicyclic amines) is 1. The topological polar surface area (TPSA) is 75.1 Å². The Morgan fingerprint density at radius 1 is 1.05 bits per heavy atom. The third kappa shape index (κ3) is 6.15. The lowest BCUT2D eigenvalue weighted by Gasteiger charge is -2.32. The number of fused-ring (bicyclic) bond motifs is 1. The van der Waals surface area contributed by atoms with Gasteiger partial charge in [0.2, 0.25) is 0 Å². The maximum Gasteiger partial charge on any atom is 0.254 e. The summed E-state index contributed by atoms with van der Waals surface area (Å²) in [6, 6.07) is 11.0. The van der Waals surface area contributed by atoms with Crippen LogP contribution in [0.4, 0.5) is 5.69 Å². The Bertz CT molecular complexity index is 1160. The number of aromatic nitrogens is 3. The first-order valence-electron chi connectivity index (χ1n) is 14.3. The van der Waals surface area contributed by atoms with E-state index in [1.165, 1.54) is 37.7 Å². The van der Waals surface area contributed by atoms with Crippen molar-refractivity contribution in [3.05, 3.63) is 53.9 Å². The van der Waals surface area contributed by atoms with Gasteiger partial charge in [0.15, 0.2) is 5.65 Å². The van der Waals surface area contributed by atoms with E-state index < -0.39 is 0 Å². The zero-order valence-corrected chi connectivity index (χ0v) is 22.5. The van der Waals surface area contributed by atoms with Crippen LogP contribution in [0.2, 0.25) is 0 Å². The van der Waals surface area contributed by atoms with Crippen LogP contribution in [-0.2, 0) is 13.1 Å². The van der Waals surface area contributed by atoms with Crippen molar-refractivity contribution in [2.24, 2.45) is 11.8 Å². The molecule has 0 radical (unpaired) electrons. The highest BCUT2D eigenvalue weighted by molar-refractivity contribution is 6.06. The molecule has 1 amide bonds. The number of nitrogens with one attached hydrogen (secondary N) is 2. The number of anilines is 1. The third-order valence-corrected chi connectivity index (χ3v) is 8.45. The average Bonchev–Trinajstić information content (AvgIpc) is 3.37. The molecule has 0 unspecified atom stereocenters. The Hall–Kier alpha value is -2.93. The molecular formula is C30H42N6O. The molecule has 1 saturated heterocycles. The van der Waals surface area contributed by atoms with Crippen molar-refractivity contribution >= 4 is 22.6 Å². The van der Waals surface area contributed by atoms with Crippen LogP contribution in [-0.4, -0.2) is 51.2 Å². The van der Waals surface area contributed by atoms with Crippen molar-refractivity contribution in [3.63, 3.8) is 0 Å². The van der Waals surface area contributed by atoms with Crippen LogP contribution < -0.4 is 10.6 Å². The van der Waals surface area contributed by atoms with Gasteiger partial charge in [0, 0.05) is 31.9 Å². The second-order valence-electron chi connectivity index (χ2n) is 11.0. The van der Waals surface area contributed by atoms with E-state index in [1.54, 1.807) is 6.20 Å². The second kappa shape index (κ2) is 12.1. The van der Waals surface area contributed by atoms with E-state index in [2.05, 4.69) is 69.8 Å². The average molecular weight is 503 g/mol. The van der Waals surface area contributed by atoms with Gasteiger partial charge in [-0.25, -0.2) is 9.67 Å². The molecule has 0 bridgehead atoms. The molecule has 1 aliphatic heterocycles. The van der Waals surface area contributed by atoms with E-state index >= 15 is 0 Å². The molecular weight excluding hydrogens is 460 g/mol. The molecule has 1 saturated carbocycles. The summed E-state index contributed by atoms with van der Waals surface area (Å²) >= 11 is 0. The Labute approximate surface area is 221 Å². The summed E-state index contributed by atoms with van der Waals surface area (Å²) in [4.78, 5) is 20.6. The highest BCUT2D eigenvalue weighted by Gasteiger charge is 2.25. The van der Waals surface area contributed by atoms with E-state index in [0.29, 0.717) is 30.0 Å². The summed E-state index contributed by atoms with van der Waals surface area (Å²) in [5, 5.41) is 12.5. The molecule has 37 heavy (non-hydrogen) atoms. The SMILES string of the molecule is CCn1ncc2c(N[C@H](C)C3CCCCC3)c(C(=O)NCC3CCN(Cc4ccccc4)CC3)cnc21. The number of pyridine rings is 1. The lowest BCUT2D eigenvalue weighted by Crippen LogP contribution is -2.38. The monoisotopic (exact) mass is 502 g/mol. The van der Waals surface area contributed by atoms with Gasteiger partial charge in [-0.2, -0.15) is 5.10 Å². The molecule has 0 spiro atoms. The van der Waals surface area contributed by atoms with Crippen molar-refractivity contribution in [2.45, 2.75) is 77.9 Å². The van der Waals surface area contributed by atoms with Gasteiger partial charge in [-0.05, 0) is 70.0 Å². The van der Waals surface area contributed by atoms with Gasteiger partial charge in [0.05, 0.1) is 22.8 Å². The quantitative estimate of drug-likeness (QED) is 0.406. The van der Waals surface area contributed by atoms with Crippen LogP contribution in [0.15, 0.2) is 42.7 Å². The minimum Gasteiger partial charge on any atom is -0.381 e. The Morgan fingerprint density at radius 3 is 2.54 bits per heavy atom.